The molecule has 23 heavy (non-hydrogen) atoms. The number of rotatable bonds is 3. The highest BCUT2D eigenvalue weighted by Crippen LogP contribution is 2.24. The number of carbonyl (C=O) groups is 1. The zero-order chi connectivity index (χ0) is 16.4. The van der Waals surface area contributed by atoms with E-state index in [1.807, 2.05) is 6.92 Å². The Bertz CT molecular complexity index is 714. The average molecular weight is 317 g/mol. The largest absolute Gasteiger partial charge is 0.378 e. The second kappa shape index (κ2) is 6.50. The summed E-state index contributed by atoms with van der Waals surface area (Å²) < 4.78 is 20.9. The van der Waals surface area contributed by atoms with Crippen LogP contribution < -0.4 is 5.32 Å². The Morgan fingerprint density at radius 3 is 2.96 bits per heavy atom. The van der Waals surface area contributed by atoms with E-state index in [1.54, 1.807) is 31.3 Å². The topological polar surface area (TPSA) is 56.1 Å². The van der Waals surface area contributed by atoms with Gasteiger partial charge in [-0.05, 0) is 38.8 Å². The monoisotopic (exact) mass is 317 g/mol. The molecule has 1 amide bonds. The number of hydrogen-bond donors (Lipinski definition) is 1. The van der Waals surface area contributed by atoms with Crippen LogP contribution in [0.4, 0.5) is 10.1 Å². The Hall–Kier alpha value is -2.21. The summed E-state index contributed by atoms with van der Waals surface area (Å²) in [5.74, 6) is -0.598. The fourth-order valence-corrected chi connectivity index (χ4v) is 2.89. The predicted molar refractivity (Wildman–Crippen MR) is 85.0 cm³/mol. The minimum Gasteiger partial charge on any atom is -0.378 e. The average Bonchev–Trinajstić information content (AvgIpc) is 2.89. The van der Waals surface area contributed by atoms with E-state index in [-0.39, 0.29) is 23.7 Å². The van der Waals surface area contributed by atoms with E-state index in [2.05, 4.69) is 10.4 Å². The van der Waals surface area contributed by atoms with E-state index in [0.717, 1.165) is 12.8 Å². The highest BCUT2D eigenvalue weighted by molar-refractivity contribution is 5.93. The van der Waals surface area contributed by atoms with Crippen molar-refractivity contribution in [1.82, 2.24) is 9.78 Å². The van der Waals surface area contributed by atoms with Gasteiger partial charge in [-0.25, -0.2) is 9.07 Å². The standard InChI is InChI=1S/C17H20FN3O2/c1-11-15(20-17(22)13-6-5-9-23-12(13)2)10-19-21(11)16-8-4-3-7-14(16)18/h3-4,7-8,10,12-13H,5-6,9H2,1-2H3,(H,20,22)/t12-,13-/m1/s1. The fourth-order valence-electron chi connectivity index (χ4n) is 2.89. The SMILES string of the molecule is Cc1c(NC(=O)[C@@H]2CCCO[C@@H]2C)cnn1-c1ccccc1F. The first-order valence-electron chi connectivity index (χ1n) is 7.80. The van der Waals surface area contributed by atoms with Crippen LogP contribution in [0.15, 0.2) is 30.5 Å². The van der Waals surface area contributed by atoms with Crippen LogP contribution in [-0.2, 0) is 9.53 Å². The van der Waals surface area contributed by atoms with Gasteiger partial charge in [0, 0.05) is 6.61 Å². The van der Waals surface area contributed by atoms with Gasteiger partial charge in [-0.2, -0.15) is 5.10 Å². The Labute approximate surface area is 134 Å². The molecule has 1 fully saturated rings. The zero-order valence-electron chi connectivity index (χ0n) is 13.3. The Balaban J connectivity index is 1.80. The molecule has 1 aliphatic heterocycles. The van der Waals surface area contributed by atoms with Crippen LogP contribution in [0.2, 0.25) is 0 Å². The lowest BCUT2D eigenvalue weighted by Crippen LogP contribution is -2.36. The summed E-state index contributed by atoms with van der Waals surface area (Å²) in [7, 11) is 0. The molecule has 1 aromatic carbocycles. The lowest BCUT2D eigenvalue weighted by molar-refractivity contribution is -0.127. The van der Waals surface area contributed by atoms with Crippen molar-refractivity contribution in [1.29, 1.82) is 0 Å². The van der Waals surface area contributed by atoms with Crippen LogP contribution in [0, 0.1) is 18.7 Å². The summed E-state index contributed by atoms with van der Waals surface area (Å²) in [6.07, 6.45) is 3.16. The summed E-state index contributed by atoms with van der Waals surface area (Å²) in [5, 5.41) is 7.09. The van der Waals surface area contributed by atoms with Gasteiger partial charge in [0.1, 0.15) is 11.5 Å². The number of ether oxygens (including phenoxy) is 1. The van der Waals surface area contributed by atoms with Crippen molar-refractivity contribution in [3.8, 4) is 5.69 Å². The van der Waals surface area contributed by atoms with E-state index in [0.29, 0.717) is 23.7 Å². The van der Waals surface area contributed by atoms with Gasteiger partial charge >= 0.3 is 0 Å². The van der Waals surface area contributed by atoms with Crippen LogP contribution in [-0.4, -0.2) is 28.4 Å². The maximum Gasteiger partial charge on any atom is 0.230 e. The van der Waals surface area contributed by atoms with Crippen molar-refractivity contribution in [3.05, 3.63) is 42.0 Å². The number of carbonyl (C=O) groups excluding carboxylic acids is 1. The summed E-state index contributed by atoms with van der Waals surface area (Å²) in [6.45, 7) is 4.42. The first-order valence-corrected chi connectivity index (χ1v) is 7.80. The summed E-state index contributed by atoms with van der Waals surface area (Å²) in [5.41, 5.74) is 1.64. The van der Waals surface area contributed by atoms with Crippen molar-refractivity contribution in [3.63, 3.8) is 0 Å². The number of para-hydroxylation sites is 1. The molecule has 0 aliphatic carbocycles. The molecule has 2 aromatic rings. The number of anilines is 1. The van der Waals surface area contributed by atoms with E-state index in [9.17, 15) is 9.18 Å². The first kappa shape index (κ1) is 15.7. The molecule has 0 radical (unpaired) electrons. The highest BCUT2D eigenvalue weighted by Gasteiger charge is 2.29. The summed E-state index contributed by atoms with van der Waals surface area (Å²) in [6, 6.07) is 6.41. The number of nitrogens with one attached hydrogen (secondary N) is 1. The van der Waals surface area contributed by atoms with Gasteiger partial charge in [-0.3, -0.25) is 4.79 Å². The highest BCUT2D eigenvalue weighted by atomic mass is 19.1. The van der Waals surface area contributed by atoms with Gasteiger partial charge in [0.15, 0.2) is 0 Å². The van der Waals surface area contributed by atoms with Gasteiger partial charge < -0.3 is 10.1 Å². The van der Waals surface area contributed by atoms with E-state index < -0.39 is 0 Å². The Kier molecular flexibility index (Phi) is 4.43. The zero-order valence-corrected chi connectivity index (χ0v) is 13.3. The molecule has 122 valence electrons. The molecule has 0 bridgehead atoms. The number of hydrogen-bond acceptors (Lipinski definition) is 3. The molecular formula is C17H20FN3O2. The number of amides is 1. The molecular weight excluding hydrogens is 297 g/mol. The fraction of sp³-hybridized carbons (Fsp3) is 0.412. The Morgan fingerprint density at radius 1 is 1.43 bits per heavy atom. The van der Waals surface area contributed by atoms with Crippen LogP contribution >= 0.6 is 0 Å². The van der Waals surface area contributed by atoms with Gasteiger partial charge in [0.2, 0.25) is 5.91 Å². The van der Waals surface area contributed by atoms with Crippen molar-refractivity contribution >= 4 is 11.6 Å². The second-order valence-corrected chi connectivity index (χ2v) is 5.82. The van der Waals surface area contributed by atoms with Gasteiger partial charge in [0.25, 0.3) is 0 Å². The molecule has 2 atom stereocenters. The molecule has 0 saturated carbocycles. The number of aromatic nitrogens is 2. The molecule has 1 N–H and O–H groups in total. The minimum atomic E-state index is -0.356. The number of halogens is 1. The van der Waals surface area contributed by atoms with Crippen molar-refractivity contribution < 1.29 is 13.9 Å². The minimum absolute atomic E-state index is 0.0756. The third kappa shape index (κ3) is 3.12. The molecule has 5 nitrogen and oxygen atoms in total. The van der Waals surface area contributed by atoms with Crippen molar-refractivity contribution in [2.24, 2.45) is 5.92 Å². The second-order valence-electron chi connectivity index (χ2n) is 5.82. The van der Waals surface area contributed by atoms with Crippen LogP contribution in [0.3, 0.4) is 0 Å². The van der Waals surface area contributed by atoms with Crippen LogP contribution in [0.5, 0.6) is 0 Å². The van der Waals surface area contributed by atoms with E-state index >= 15 is 0 Å². The third-order valence-electron chi connectivity index (χ3n) is 4.29. The van der Waals surface area contributed by atoms with Crippen molar-refractivity contribution in [2.45, 2.75) is 32.8 Å². The molecule has 1 aromatic heterocycles. The van der Waals surface area contributed by atoms with Gasteiger partial charge in [-0.15, -0.1) is 0 Å². The lowest BCUT2D eigenvalue weighted by atomic mass is 9.94. The summed E-state index contributed by atoms with van der Waals surface area (Å²) in [4.78, 5) is 12.4. The maximum atomic E-state index is 13.9. The number of benzene rings is 1. The van der Waals surface area contributed by atoms with Crippen LogP contribution in [0.25, 0.3) is 5.69 Å². The molecule has 1 aliphatic rings. The maximum absolute atomic E-state index is 13.9. The van der Waals surface area contributed by atoms with Crippen LogP contribution in [0.1, 0.15) is 25.5 Å². The molecule has 0 unspecified atom stereocenters. The van der Waals surface area contributed by atoms with Crippen molar-refractivity contribution in [2.75, 3.05) is 11.9 Å². The van der Waals surface area contributed by atoms with Gasteiger partial charge in [0.05, 0.1) is 29.6 Å². The predicted octanol–water partition coefficient (Wildman–Crippen LogP) is 3.07. The third-order valence-corrected chi connectivity index (χ3v) is 4.29. The molecule has 0 spiro atoms. The quantitative estimate of drug-likeness (QED) is 0.946. The Morgan fingerprint density at radius 2 is 2.22 bits per heavy atom. The van der Waals surface area contributed by atoms with E-state index in [1.165, 1.54) is 10.7 Å². The molecule has 1 saturated heterocycles. The molecule has 2 heterocycles. The lowest BCUT2D eigenvalue weighted by Gasteiger charge is -2.27. The summed E-state index contributed by atoms with van der Waals surface area (Å²) >= 11 is 0. The first-order chi connectivity index (χ1) is 11.1. The molecule has 6 heteroatoms. The molecule has 3 rings (SSSR count). The van der Waals surface area contributed by atoms with E-state index in [4.69, 9.17) is 4.74 Å². The number of nitrogens with zero attached hydrogens (tertiary/aromatic N) is 2. The van der Waals surface area contributed by atoms with Gasteiger partial charge in [-0.1, -0.05) is 12.1 Å². The normalized spacial score (nSPS) is 21.2. The smallest absolute Gasteiger partial charge is 0.230 e.